The number of hydrogen-bond acceptors (Lipinski definition) is 7. The molecule has 0 bridgehead atoms. The van der Waals surface area contributed by atoms with Crippen LogP contribution in [0.25, 0.3) is 0 Å². The van der Waals surface area contributed by atoms with Crippen LogP contribution in [0.15, 0.2) is 0 Å². The van der Waals surface area contributed by atoms with Crippen LogP contribution in [-0.2, 0) is 19.1 Å². The SMILES string of the molecule is CCCCCCCCC(CCCCCC)C(=O)OCCCCCCN(CCCCCO)C[C@H](O)CCCCOC(=O)C(CCCCCC)CCCCCCCC. The fourth-order valence-corrected chi connectivity index (χ4v) is 7.90. The second-order valence-corrected chi connectivity index (χ2v) is 17.2. The molecule has 3 atom stereocenters. The zero-order chi connectivity index (χ0) is 41.2. The van der Waals surface area contributed by atoms with Crippen molar-refractivity contribution in [1.29, 1.82) is 0 Å². The molecule has 0 aromatic carbocycles. The summed E-state index contributed by atoms with van der Waals surface area (Å²) in [7, 11) is 0. The van der Waals surface area contributed by atoms with Gasteiger partial charge in [0.05, 0.1) is 31.2 Å². The number of unbranched alkanes of at least 4 members (excludes halogenated alkanes) is 22. The van der Waals surface area contributed by atoms with Crippen LogP contribution in [0.1, 0.15) is 246 Å². The summed E-state index contributed by atoms with van der Waals surface area (Å²) in [5.41, 5.74) is 0. The van der Waals surface area contributed by atoms with Gasteiger partial charge >= 0.3 is 11.9 Å². The largest absolute Gasteiger partial charge is 0.465 e. The van der Waals surface area contributed by atoms with Crippen LogP contribution in [0.5, 0.6) is 0 Å². The van der Waals surface area contributed by atoms with Gasteiger partial charge in [-0.15, -0.1) is 0 Å². The first kappa shape index (κ1) is 54.8. The van der Waals surface area contributed by atoms with Crippen LogP contribution < -0.4 is 0 Å². The van der Waals surface area contributed by atoms with E-state index in [1.54, 1.807) is 0 Å². The number of esters is 2. The topological polar surface area (TPSA) is 96.3 Å². The first-order valence-corrected chi connectivity index (χ1v) is 24.8. The molecular formula is C49H97NO6. The minimum absolute atomic E-state index is 0.00619. The fraction of sp³-hybridized carbons (Fsp3) is 0.959. The summed E-state index contributed by atoms with van der Waals surface area (Å²) in [4.78, 5) is 28.4. The second-order valence-electron chi connectivity index (χ2n) is 17.2. The Kier molecular flexibility index (Phi) is 42.5. The molecule has 0 fully saturated rings. The van der Waals surface area contributed by atoms with Crippen molar-refractivity contribution in [2.24, 2.45) is 11.8 Å². The van der Waals surface area contributed by atoms with Gasteiger partial charge in [-0.05, 0) is 90.1 Å². The molecule has 2 unspecified atom stereocenters. The molecule has 0 aromatic rings. The van der Waals surface area contributed by atoms with Crippen LogP contribution in [-0.4, -0.2) is 72.6 Å². The molecule has 0 spiro atoms. The van der Waals surface area contributed by atoms with E-state index in [0.29, 0.717) is 26.2 Å². The smallest absolute Gasteiger partial charge is 0.308 e. The van der Waals surface area contributed by atoms with E-state index in [1.807, 2.05) is 0 Å². The summed E-state index contributed by atoms with van der Waals surface area (Å²) in [6.07, 6.45) is 37.3. The zero-order valence-corrected chi connectivity index (χ0v) is 38.0. The van der Waals surface area contributed by atoms with Crippen LogP contribution >= 0.6 is 0 Å². The predicted octanol–water partition coefficient (Wildman–Crippen LogP) is 13.3. The molecule has 0 rings (SSSR count). The minimum atomic E-state index is -0.395. The molecule has 0 saturated heterocycles. The predicted molar refractivity (Wildman–Crippen MR) is 238 cm³/mol. The highest BCUT2D eigenvalue weighted by molar-refractivity contribution is 5.72. The lowest BCUT2D eigenvalue weighted by molar-refractivity contribution is -0.150. The van der Waals surface area contributed by atoms with E-state index in [2.05, 4.69) is 32.6 Å². The molecule has 0 aliphatic heterocycles. The van der Waals surface area contributed by atoms with E-state index >= 15 is 0 Å². The molecule has 0 aliphatic rings. The highest BCUT2D eigenvalue weighted by atomic mass is 16.5. The average molecular weight is 796 g/mol. The molecule has 56 heavy (non-hydrogen) atoms. The molecule has 334 valence electrons. The Labute approximate surface area is 348 Å². The molecule has 0 heterocycles. The second kappa shape index (κ2) is 43.4. The number of aliphatic hydroxyl groups excluding tert-OH is 2. The molecule has 0 saturated carbocycles. The molecule has 0 aromatic heterocycles. The maximum absolute atomic E-state index is 13.0. The number of rotatable bonds is 45. The quantitative estimate of drug-likeness (QED) is 0.0468. The Morgan fingerprint density at radius 1 is 0.429 bits per heavy atom. The van der Waals surface area contributed by atoms with Gasteiger partial charge in [0.15, 0.2) is 0 Å². The number of nitrogens with zero attached hydrogens (tertiary/aromatic N) is 1. The first-order valence-electron chi connectivity index (χ1n) is 24.8. The normalized spacial score (nSPS) is 13.3. The Morgan fingerprint density at radius 3 is 1.18 bits per heavy atom. The Morgan fingerprint density at radius 2 is 0.750 bits per heavy atom. The van der Waals surface area contributed by atoms with Gasteiger partial charge in [-0.25, -0.2) is 0 Å². The van der Waals surface area contributed by atoms with E-state index in [0.717, 1.165) is 122 Å². The van der Waals surface area contributed by atoms with Gasteiger partial charge in [0.2, 0.25) is 0 Å². The summed E-state index contributed by atoms with van der Waals surface area (Å²) in [6, 6.07) is 0. The average Bonchev–Trinajstić information content (AvgIpc) is 3.19. The molecular weight excluding hydrogens is 699 g/mol. The van der Waals surface area contributed by atoms with E-state index < -0.39 is 6.10 Å². The number of aliphatic hydroxyl groups is 2. The van der Waals surface area contributed by atoms with Gasteiger partial charge in [-0.3, -0.25) is 9.59 Å². The van der Waals surface area contributed by atoms with Crippen LogP contribution in [0.2, 0.25) is 0 Å². The Bertz CT molecular complexity index is 824. The van der Waals surface area contributed by atoms with Gasteiger partial charge in [-0.1, -0.05) is 169 Å². The Hall–Kier alpha value is -1.18. The lowest BCUT2D eigenvalue weighted by Crippen LogP contribution is -2.34. The van der Waals surface area contributed by atoms with Crippen molar-refractivity contribution in [3.8, 4) is 0 Å². The summed E-state index contributed by atoms with van der Waals surface area (Å²) >= 11 is 0. The first-order chi connectivity index (χ1) is 27.4. The number of carbonyl (C=O) groups excluding carboxylic acids is 2. The summed E-state index contributed by atoms with van der Waals surface area (Å²) in [5, 5.41) is 20.2. The number of carbonyl (C=O) groups is 2. The zero-order valence-electron chi connectivity index (χ0n) is 38.0. The Balaban J connectivity index is 4.55. The fourth-order valence-electron chi connectivity index (χ4n) is 7.90. The number of hydrogen-bond donors (Lipinski definition) is 2. The van der Waals surface area contributed by atoms with E-state index in [1.165, 1.54) is 103 Å². The molecule has 0 amide bonds. The van der Waals surface area contributed by atoms with Gasteiger partial charge in [0, 0.05) is 13.2 Å². The molecule has 0 radical (unpaired) electrons. The van der Waals surface area contributed by atoms with Gasteiger partial charge in [0.1, 0.15) is 0 Å². The maximum Gasteiger partial charge on any atom is 0.308 e. The van der Waals surface area contributed by atoms with Crippen molar-refractivity contribution in [1.82, 2.24) is 4.90 Å². The van der Waals surface area contributed by atoms with E-state index in [-0.39, 0.29) is 30.4 Å². The van der Waals surface area contributed by atoms with Crippen molar-refractivity contribution in [3.05, 3.63) is 0 Å². The molecule has 0 aliphatic carbocycles. The van der Waals surface area contributed by atoms with Crippen LogP contribution in [0.3, 0.4) is 0 Å². The summed E-state index contributed by atoms with van der Waals surface area (Å²) in [6.45, 7) is 12.7. The third kappa shape index (κ3) is 35.9. The van der Waals surface area contributed by atoms with Crippen molar-refractivity contribution in [3.63, 3.8) is 0 Å². The van der Waals surface area contributed by atoms with E-state index in [9.17, 15) is 19.8 Å². The standard InChI is InChI=1S/C49H97NO6/c1-5-9-13-17-19-26-36-45(34-24-15-11-7-3)48(53)55-42-32-22-21-29-39-50(40-30-23-31-41-51)44-47(52)38-28-33-43-56-49(54)46(35-25-16-12-8-4)37-27-20-18-14-10-6-2/h45-47,51-52H,5-44H2,1-4H3/t45?,46?,47-/m1/s1. The van der Waals surface area contributed by atoms with E-state index in [4.69, 9.17) is 9.47 Å². The van der Waals surface area contributed by atoms with Crippen molar-refractivity contribution in [2.75, 3.05) is 39.5 Å². The number of ether oxygens (including phenoxy) is 2. The molecule has 2 N–H and O–H groups in total. The highest BCUT2D eigenvalue weighted by Crippen LogP contribution is 2.22. The van der Waals surface area contributed by atoms with Crippen LogP contribution in [0, 0.1) is 11.8 Å². The molecule has 7 nitrogen and oxygen atoms in total. The summed E-state index contributed by atoms with van der Waals surface area (Å²) < 4.78 is 11.6. The van der Waals surface area contributed by atoms with Crippen molar-refractivity contribution < 1.29 is 29.3 Å². The third-order valence-electron chi connectivity index (χ3n) is 11.7. The van der Waals surface area contributed by atoms with Crippen LogP contribution in [0.4, 0.5) is 0 Å². The summed E-state index contributed by atoms with van der Waals surface area (Å²) in [5.74, 6) is 0.126. The van der Waals surface area contributed by atoms with Crippen molar-refractivity contribution >= 4 is 11.9 Å². The van der Waals surface area contributed by atoms with Crippen molar-refractivity contribution in [2.45, 2.75) is 252 Å². The molecule has 7 heteroatoms. The highest BCUT2D eigenvalue weighted by Gasteiger charge is 2.21. The lowest BCUT2D eigenvalue weighted by atomic mass is 9.94. The van der Waals surface area contributed by atoms with Gasteiger partial charge in [0.25, 0.3) is 0 Å². The maximum atomic E-state index is 13.0. The van der Waals surface area contributed by atoms with Gasteiger partial charge in [-0.2, -0.15) is 0 Å². The van der Waals surface area contributed by atoms with Gasteiger partial charge < -0.3 is 24.6 Å². The third-order valence-corrected chi connectivity index (χ3v) is 11.7. The monoisotopic (exact) mass is 796 g/mol. The minimum Gasteiger partial charge on any atom is -0.465 e. The lowest BCUT2D eigenvalue weighted by Gasteiger charge is -2.25.